The fourth-order valence-corrected chi connectivity index (χ4v) is 18.7. The van der Waals surface area contributed by atoms with E-state index >= 15 is 0 Å². The average molecular weight is 1430 g/mol. The van der Waals surface area contributed by atoms with Crippen molar-refractivity contribution in [2.75, 3.05) is 36.0 Å². The molecule has 0 unspecified atom stereocenters. The molecular formula is C89H90N2O9S3. The molecule has 1 aliphatic carbocycles. The van der Waals surface area contributed by atoms with Crippen molar-refractivity contribution in [3.63, 3.8) is 0 Å². The van der Waals surface area contributed by atoms with Crippen LogP contribution in [0.15, 0.2) is 164 Å². The van der Waals surface area contributed by atoms with Gasteiger partial charge in [0.15, 0.2) is 17.2 Å². The summed E-state index contributed by atoms with van der Waals surface area (Å²) in [6.07, 6.45) is 15.3. The van der Waals surface area contributed by atoms with Gasteiger partial charge in [-0.1, -0.05) is 97.3 Å². The number of hydrogen-bond acceptors (Lipinski definition) is 14. The van der Waals surface area contributed by atoms with Gasteiger partial charge in [-0.15, -0.1) is 34.0 Å². The first-order valence-corrected chi connectivity index (χ1v) is 38.6. The number of carbonyl (C=O) groups excluding carboxylic acids is 3. The summed E-state index contributed by atoms with van der Waals surface area (Å²) in [7, 11) is 0. The summed E-state index contributed by atoms with van der Waals surface area (Å²) in [5, 5.41) is 32.6. The number of phenols is 3. The van der Waals surface area contributed by atoms with Crippen molar-refractivity contribution in [3.05, 3.63) is 251 Å². The summed E-state index contributed by atoms with van der Waals surface area (Å²) in [6, 6.07) is 52.5. The van der Waals surface area contributed by atoms with Crippen molar-refractivity contribution < 1.29 is 43.9 Å². The van der Waals surface area contributed by atoms with E-state index in [-0.39, 0.29) is 34.6 Å². The van der Waals surface area contributed by atoms with E-state index in [1.54, 1.807) is 36.4 Å². The fourth-order valence-electron chi connectivity index (χ4n) is 15.4. The van der Waals surface area contributed by atoms with Gasteiger partial charge in [0.05, 0.1) is 0 Å². The van der Waals surface area contributed by atoms with Crippen LogP contribution in [0.25, 0.3) is 30.3 Å². The zero-order valence-corrected chi connectivity index (χ0v) is 62.8. The molecule has 9 aromatic carbocycles. The number of ketones is 3. The highest BCUT2D eigenvalue weighted by Crippen LogP contribution is 2.48. The molecule has 2 aliphatic heterocycles. The first-order chi connectivity index (χ1) is 49.7. The molecule has 0 radical (unpaired) electrons. The Balaban J connectivity index is 0.000000138. The van der Waals surface area contributed by atoms with Crippen molar-refractivity contribution in [3.8, 4) is 51.7 Å². The number of thiophene rings is 3. The molecule has 103 heavy (non-hydrogen) atoms. The number of nitrogens with zero attached hydrogens (tertiary/aromatic N) is 2. The third-order valence-electron chi connectivity index (χ3n) is 20.2. The molecule has 3 aromatic heterocycles. The van der Waals surface area contributed by atoms with Crippen molar-refractivity contribution >= 4 is 93.0 Å². The van der Waals surface area contributed by atoms with Crippen molar-refractivity contribution in [2.24, 2.45) is 0 Å². The summed E-state index contributed by atoms with van der Waals surface area (Å²) >= 11 is 4.11. The Bertz CT molecular complexity index is 4840. The quantitative estimate of drug-likeness (QED) is 0.0843. The SMILES string of the molecule is Cc1cc(C)c(C(=O)c2sc3cc(O)ccc3c2Oc2ccc(C3CCCCC3)cc2)c(C)c1.Cc1cc(C)c(C(=O)c2sc3cc(O)ccc3c2Oc2ccc(N3CCCCC3)cc2)c(C)c1.Cc1cc(C)c(C(=O)c2sc3cc(O)ccc3c2Oc2ccc(N3CCCCCC3)cc2)c(C)c1. The number of piperidine rings is 1. The predicted molar refractivity (Wildman–Crippen MR) is 425 cm³/mol. The first kappa shape index (κ1) is 71.7. The largest absolute Gasteiger partial charge is 0.508 e. The second kappa shape index (κ2) is 31.5. The van der Waals surface area contributed by atoms with Crippen LogP contribution in [0.1, 0.15) is 184 Å². The average Bonchev–Trinajstić information content (AvgIpc) is 1.64. The lowest BCUT2D eigenvalue weighted by molar-refractivity contribution is 0.103. The minimum absolute atomic E-state index is 0.0375. The van der Waals surface area contributed by atoms with Gasteiger partial charge in [-0.3, -0.25) is 14.4 Å². The zero-order valence-electron chi connectivity index (χ0n) is 60.4. The number of phenolic OH excluding ortho intramolecular Hbond substituents is 3. The highest BCUT2D eigenvalue weighted by Gasteiger charge is 2.29. The minimum Gasteiger partial charge on any atom is -0.508 e. The van der Waals surface area contributed by atoms with Gasteiger partial charge < -0.3 is 39.3 Å². The van der Waals surface area contributed by atoms with E-state index in [1.807, 2.05) is 153 Å². The van der Waals surface area contributed by atoms with E-state index in [2.05, 4.69) is 46.2 Å². The van der Waals surface area contributed by atoms with Gasteiger partial charge in [0.25, 0.3) is 0 Å². The Morgan fingerprint density at radius 2 is 0.612 bits per heavy atom. The van der Waals surface area contributed by atoms with Gasteiger partial charge in [0, 0.05) is 84.5 Å². The Labute approximate surface area is 616 Å². The standard InChI is InChI=1S/C30H31NO3S.C30H30O3S.C29H29NO3S/c1-19-16-20(2)27(21(3)17-19)28(33)30-29(25-13-10-23(32)18-26(25)35-30)34-24-11-8-22(9-12-24)31-14-6-4-5-7-15-31;1-18-15-19(2)27(20(3)16-18)28(32)30-29(25-14-11-23(31)17-26(25)34-30)33-24-12-9-22(10-13-24)21-7-5-4-6-8-21;1-18-15-19(2)26(20(3)16-18)27(32)29-28(24-12-9-22(31)17-25(24)34-29)33-23-10-7-21(8-11-23)30-13-5-4-6-14-30/h8-13,16-18,32H,4-7,14-15H2,1-3H3;9-17,21,31H,4-8H2,1-3H3;7-12,15-17,31H,4-6,13-14H2,1-3H3. The molecule has 3 aliphatic rings. The van der Waals surface area contributed by atoms with Crippen LogP contribution in [0, 0.1) is 62.3 Å². The molecule has 0 spiro atoms. The Morgan fingerprint density at radius 3 is 0.913 bits per heavy atom. The highest BCUT2D eigenvalue weighted by atomic mass is 32.1. The molecule has 2 saturated heterocycles. The van der Waals surface area contributed by atoms with Gasteiger partial charge >= 0.3 is 0 Å². The van der Waals surface area contributed by atoms with Crippen LogP contribution in [-0.4, -0.2) is 58.8 Å². The third-order valence-corrected chi connectivity index (χ3v) is 23.6. The number of aryl methyl sites for hydroxylation is 9. The molecule has 528 valence electrons. The maximum atomic E-state index is 13.8. The molecular weight excluding hydrogens is 1340 g/mol. The first-order valence-electron chi connectivity index (χ1n) is 36.2. The predicted octanol–water partition coefficient (Wildman–Crippen LogP) is 24.1. The molecule has 3 N–H and O–H groups in total. The molecule has 1 saturated carbocycles. The lowest BCUT2D eigenvalue weighted by Gasteiger charge is -2.28. The monoisotopic (exact) mass is 1430 g/mol. The van der Waals surface area contributed by atoms with E-state index in [1.165, 1.54) is 128 Å². The van der Waals surface area contributed by atoms with Crippen LogP contribution >= 0.6 is 34.0 Å². The smallest absolute Gasteiger partial charge is 0.207 e. The molecule has 0 amide bonds. The van der Waals surface area contributed by atoms with Crippen LogP contribution in [0.4, 0.5) is 11.4 Å². The van der Waals surface area contributed by atoms with Crippen molar-refractivity contribution in [2.45, 2.75) is 145 Å². The number of fused-ring (bicyclic) bond motifs is 3. The summed E-state index contributed by atoms with van der Waals surface area (Å²) in [6.45, 7) is 22.4. The molecule has 3 fully saturated rings. The fraction of sp³-hybridized carbons (Fsp3) is 0.292. The molecule has 15 rings (SSSR count). The summed E-state index contributed by atoms with van der Waals surface area (Å²) in [5.41, 5.74) is 15.1. The van der Waals surface area contributed by atoms with E-state index in [4.69, 9.17) is 14.2 Å². The van der Waals surface area contributed by atoms with Crippen molar-refractivity contribution in [1.29, 1.82) is 0 Å². The Morgan fingerprint density at radius 1 is 0.340 bits per heavy atom. The van der Waals surface area contributed by atoms with Crippen molar-refractivity contribution in [1.82, 2.24) is 0 Å². The van der Waals surface area contributed by atoms with E-state index in [0.717, 1.165) is 118 Å². The minimum atomic E-state index is -0.0457. The van der Waals surface area contributed by atoms with Crippen LogP contribution < -0.4 is 24.0 Å². The second-order valence-corrected chi connectivity index (χ2v) is 31.4. The molecule has 14 heteroatoms. The van der Waals surface area contributed by atoms with E-state index < -0.39 is 0 Å². The topological polar surface area (TPSA) is 146 Å². The number of carbonyl (C=O) groups is 3. The number of aromatic hydroxyl groups is 3. The highest BCUT2D eigenvalue weighted by molar-refractivity contribution is 7.22. The molecule has 11 nitrogen and oxygen atoms in total. The van der Waals surface area contributed by atoms with Gasteiger partial charge in [-0.25, -0.2) is 0 Å². The molecule has 12 aromatic rings. The van der Waals surface area contributed by atoms with Crippen LogP contribution in [0.5, 0.6) is 51.7 Å². The van der Waals surface area contributed by atoms with Gasteiger partial charge in [0.1, 0.15) is 49.1 Å². The Kier molecular flexibility index (Phi) is 21.9. The maximum Gasteiger partial charge on any atom is 0.207 e. The molecule has 0 bridgehead atoms. The lowest BCUT2D eigenvalue weighted by atomic mass is 9.84. The van der Waals surface area contributed by atoms with Crippen LogP contribution in [-0.2, 0) is 0 Å². The van der Waals surface area contributed by atoms with Crippen LogP contribution in [0.2, 0.25) is 0 Å². The normalized spacial score (nSPS) is 14.2. The zero-order chi connectivity index (χ0) is 72.2. The molecule has 5 heterocycles. The number of rotatable bonds is 15. The van der Waals surface area contributed by atoms with Crippen LogP contribution in [0.3, 0.4) is 0 Å². The number of benzene rings is 9. The second-order valence-electron chi connectivity index (χ2n) is 28.3. The lowest BCUT2D eigenvalue weighted by Crippen LogP contribution is -2.29. The van der Waals surface area contributed by atoms with Gasteiger partial charge in [-0.2, -0.15) is 0 Å². The molecule has 0 atom stereocenters. The number of hydrogen-bond donors (Lipinski definition) is 3. The summed E-state index contributed by atoms with van der Waals surface area (Å²) in [4.78, 5) is 47.9. The van der Waals surface area contributed by atoms with E-state index in [9.17, 15) is 29.7 Å². The van der Waals surface area contributed by atoms with Gasteiger partial charge in [0.2, 0.25) is 17.3 Å². The number of anilines is 2. The number of ether oxygens (including phenoxy) is 3. The summed E-state index contributed by atoms with van der Waals surface area (Å²) in [5.74, 6) is 4.82. The van der Waals surface area contributed by atoms with E-state index in [0.29, 0.717) is 60.4 Å². The Hall–Kier alpha value is -9.73. The maximum absolute atomic E-state index is 13.8. The summed E-state index contributed by atoms with van der Waals surface area (Å²) < 4.78 is 21.7. The van der Waals surface area contributed by atoms with Gasteiger partial charge in [-0.05, 0) is 267 Å². The third kappa shape index (κ3) is 16.1.